The highest BCUT2D eigenvalue weighted by molar-refractivity contribution is 5.83. The average molecular weight is 400 g/mol. The van der Waals surface area contributed by atoms with Gasteiger partial charge in [0, 0.05) is 45.1 Å². The number of imidazole rings is 1. The Morgan fingerprint density at radius 3 is 2.90 bits per heavy atom. The van der Waals surface area contributed by atoms with Crippen molar-refractivity contribution in [1.82, 2.24) is 34.6 Å². The van der Waals surface area contributed by atoms with E-state index in [0.717, 1.165) is 19.6 Å². The minimum absolute atomic E-state index is 0.0315. The molecule has 3 aromatic heterocycles. The Labute approximate surface area is 164 Å². The van der Waals surface area contributed by atoms with Gasteiger partial charge in [0.05, 0.1) is 12.4 Å². The normalized spacial score (nSPS) is 20.2. The molecule has 11 heteroatoms. The van der Waals surface area contributed by atoms with Gasteiger partial charge in [-0.25, -0.2) is 28.7 Å². The summed E-state index contributed by atoms with van der Waals surface area (Å²) in [5.41, 5.74) is 0.596. The van der Waals surface area contributed by atoms with Gasteiger partial charge >= 0.3 is 0 Å². The molecule has 1 N–H and O–H groups in total. The van der Waals surface area contributed by atoms with Gasteiger partial charge in [-0.05, 0) is 6.07 Å². The standard InChI is InChI=1S/C18H18F2N8O/c19-16(20)11-9-28-12(7-24-15(28)8-23-11)17-21-2-1-14(25-17)27-6-5-26-4-3-22-18(29)13(26)10-27/h1-2,7-9,13,16H,3-6,10H2,(H,22,29). The Hall–Kier alpha value is -3.21. The van der Waals surface area contributed by atoms with E-state index in [0.29, 0.717) is 36.1 Å². The molecule has 29 heavy (non-hydrogen) atoms. The number of aromatic nitrogens is 5. The second-order valence-corrected chi connectivity index (χ2v) is 7.01. The third kappa shape index (κ3) is 3.16. The Morgan fingerprint density at radius 1 is 1.14 bits per heavy atom. The van der Waals surface area contributed by atoms with E-state index in [1.54, 1.807) is 12.3 Å². The molecule has 0 aliphatic carbocycles. The topological polar surface area (TPSA) is 91.5 Å². The van der Waals surface area contributed by atoms with Gasteiger partial charge in [0.2, 0.25) is 5.91 Å². The maximum absolute atomic E-state index is 13.0. The zero-order valence-corrected chi connectivity index (χ0v) is 15.4. The monoisotopic (exact) mass is 400 g/mol. The summed E-state index contributed by atoms with van der Waals surface area (Å²) in [6.07, 6.45) is 3.04. The molecular formula is C18H18F2N8O. The summed E-state index contributed by atoms with van der Waals surface area (Å²) < 4.78 is 27.6. The smallest absolute Gasteiger partial charge is 0.281 e. The van der Waals surface area contributed by atoms with E-state index in [9.17, 15) is 13.6 Å². The molecule has 5 heterocycles. The van der Waals surface area contributed by atoms with Crippen LogP contribution in [0.4, 0.5) is 14.6 Å². The lowest BCUT2D eigenvalue weighted by atomic mass is 10.1. The molecule has 2 aliphatic heterocycles. The first kappa shape index (κ1) is 17.9. The van der Waals surface area contributed by atoms with Gasteiger partial charge in [-0.15, -0.1) is 0 Å². The lowest BCUT2D eigenvalue weighted by Gasteiger charge is -2.43. The number of amides is 1. The molecule has 2 aliphatic rings. The highest BCUT2D eigenvalue weighted by Gasteiger charge is 2.35. The molecule has 2 fully saturated rings. The van der Waals surface area contributed by atoms with Crippen LogP contribution in [0.1, 0.15) is 12.1 Å². The summed E-state index contributed by atoms with van der Waals surface area (Å²) in [5.74, 6) is 1.09. The van der Waals surface area contributed by atoms with Crippen LogP contribution >= 0.6 is 0 Å². The maximum Gasteiger partial charge on any atom is 0.281 e. The van der Waals surface area contributed by atoms with Gasteiger partial charge < -0.3 is 10.2 Å². The van der Waals surface area contributed by atoms with Crippen LogP contribution in [0.2, 0.25) is 0 Å². The van der Waals surface area contributed by atoms with Crippen molar-refractivity contribution in [2.75, 3.05) is 37.6 Å². The summed E-state index contributed by atoms with van der Waals surface area (Å²) in [4.78, 5) is 33.3. The fourth-order valence-electron chi connectivity index (χ4n) is 3.82. The van der Waals surface area contributed by atoms with E-state index in [2.05, 4.69) is 30.2 Å². The number of hydrogen-bond donors (Lipinski definition) is 1. The number of piperazine rings is 2. The molecule has 1 amide bonds. The van der Waals surface area contributed by atoms with Gasteiger partial charge in [0.25, 0.3) is 6.43 Å². The van der Waals surface area contributed by atoms with Crippen LogP contribution in [0.5, 0.6) is 0 Å². The summed E-state index contributed by atoms with van der Waals surface area (Å²) in [7, 11) is 0. The maximum atomic E-state index is 13.0. The SMILES string of the molecule is O=C1NCCN2CCN(c3ccnc(-c4cnc5cnc(C(F)F)cn45)n3)CC12. The highest BCUT2D eigenvalue weighted by Crippen LogP contribution is 2.24. The molecule has 1 unspecified atom stereocenters. The molecule has 5 rings (SSSR count). The van der Waals surface area contributed by atoms with Gasteiger partial charge in [-0.3, -0.25) is 14.1 Å². The number of carbonyl (C=O) groups is 1. The molecule has 0 aromatic carbocycles. The average Bonchev–Trinajstić information content (AvgIpc) is 3.17. The fraction of sp³-hybridized carbons (Fsp3) is 0.389. The van der Waals surface area contributed by atoms with Gasteiger partial charge in [-0.2, -0.15) is 0 Å². The summed E-state index contributed by atoms with van der Waals surface area (Å²) in [5, 5.41) is 2.90. The molecule has 150 valence electrons. The van der Waals surface area contributed by atoms with Gasteiger partial charge in [0.1, 0.15) is 23.2 Å². The number of hydrogen-bond acceptors (Lipinski definition) is 7. The second kappa shape index (κ2) is 6.99. The minimum Gasteiger partial charge on any atom is -0.353 e. The largest absolute Gasteiger partial charge is 0.353 e. The molecule has 1 atom stereocenters. The summed E-state index contributed by atoms with van der Waals surface area (Å²) in [6.45, 7) is 3.58. The van der Waals surface area contributed by atoms with Crippen molar-refractivity contribution in [2.45, 2.75) is 12.5 Å². The summed E-state index contributed by atoms with van der Waals surface area (Å²) in [6, 6.07) is 1.58. The summed E-state index contributed by atoms with van der Waals surface area (Å²) >= 11 is 0. The van der Waals surface area contributed by atoms with Crippen molar-refractivity contribution in [3.63, 3.8) is 0 Å². The van der Waals surface area contributed by atoms with Crippen LogP contribution in [0.3, 0.4) is 0 Å². The van der Waals surface area contributed by atoms with Crippen LogP contribution in [0, 0.1) is 0 Å². The fourth-order valence-corrected chi connectivity index (χ4v) is 3.82. The Kier molecular flexibility index (Phi) is 4.31. The Balaban J connectivity index is 1.47. The number of nitrogens with zero attached hydrogens (tertiary/aromatic N) is 7. The number of fused-ring (bicyclic) bond motifs is 2. The zero-order valence-electron chi connectivity index (χ0n) is 15.4. The molecule has 0 bridgehead atoms. The van der Waals surface area contributed by atoms with Crippen LogP contribution in [0.15, 0.2) is 30.9 Å². The molecule has 0 radical (unpaired) electrons. The molecule has 0 spiro atoms. The van der Waals surface area contributed by atoms with E-state index in [1.165, 1.54) is 23.0 Å². The van der Waals surface area contributed by atoms with Gasteiger partial charge in [-0.1, -0.05) is 0 Å². The lowest BCUT2D eigenvalue weighted by molar-refractivity contribution is -0.129. The predicted molar refractivity (Wildman–Crippen MR) is 99.6 cm³/mol. The minimum atomic E-state index is -2.68. The Morgan fingerprint density at radius 2 is 2.03 bits per heavy atom. The third-order valence-electron chi connectivity index (χ3n) is 5.33. The molecular weight excluding hydrogens is 382 g/mol. The number of rotatable bonds is 3. The first-order chi connectivity index (χ1) is 14.1. The Bertz CT molecular complexity index is 1070. The van der Waals surface area contributed by atoms with E-state index in [1.807, 2.05) is 4.90 Å². The van der Waals surface area contributed by atoms with Crippen LogP contribution in [-0.2, 0) is 4.79 Å². The number of carbonyl (C=O) groups excluding carboxylic acids is 1. The predicted octanol–water partition coefficient (Wildman–Crippen LogP) is 0.744. The van der Waals surface area contributed by atoms with Crippen molar-refractivity contribution >= 4 is 17.4 Å². The van der Waals surface area contributed by atoms with Crippen molar-refractivity contribution < 1.29 is 13.6 Å². The highest BCUT2D eigenvalue weighted by atomic mass is 19.3. The third-order valence-corrected chi connectivity index (χ3v) is 5.33. The lowest BCUT2D eigenvalue weighted by Crippen LogP contribution is -2.64. The van der Waals surface area contributed by atoms with E-state index < -0.39 is 6.43 Å². The number of alkyl halides is 2. The first-order valence-corrected chi connectivity index (χ1v) is 9.31. The number of halogens is 2. The van der Waals surface area contributed by atoms with Crippen LogP contribution in [-0.4, -0.2) is 73.9 Å². The number of nitrogens with one attached hydrogen (secondary N) is 1. The molecule has 2 saturated heterocycles. The quantitative estimate of drug-likeness (QED) is 0.694. The number of anilines is 1. The molecule has 9 nitrogen and oxygen atoms in total. The van der Waals surface area contributed by atoms with E-state index in [-0.39, 0.29) is 17.6 Å². The van der Waals surface area contributed by atoms with E-state index >= 15 is 0 Å². The van der Waals surface area contributed by atoms with Crippen molar-refractivity contribution in [2.24, 2.45) is 0 Å². The van der Waals surface area contributed by atoms with Crippen molar-refractivity contribution in [3.05, 3.63) is 36.5 Å². The van der Waals surface area contributed by atoms with Crippen LogP contribution < -0.4 is 10.2 Å². The van der Waals surface area contributed by atoms with E-state index in [4.69, 9.17) is 0 Å². The van der Waals surface area contributed by atoms with Crippen molar-refractivity contribution in [1.29, 1.82) is 0 Å². The molecule has 3 aromatic rings. The van der Waals surface area contributed by atoms with Crippen molar-refractivity contribution in [3.8, 4) is 11.5 Å². The van der Waals surface area contributed by atoms with Gasteiger partial charge in [0.15, 0.2) is 11.5 Å². The first-order valence-electron chi connectivity index (χ1n) is 9.31. The zero-order chi connectivity index (χ0) is 20.0. The second-order valence-electron chi connectivity index (χ2n) is 7.01. The van der Waals surface area contributed by atoms with Crippen LogP contribution in [0.25, 0.3) is 17.2 Å². The molecule has 0 saturated carbocycles.